The van der Waals surface area contributed by atoms with E-state index < -0.39 is 5.91 Å². The summed E-state index contributed by atoms with van der Waals surface area (Å²) in [7, 11) is 1.53. The molecule has 0 saturated heterocycles. The topological polar surface area (TPSA) is 81.4 Å². The third-order valence-corrected chi connectivity index (χ3v) is 6.48. The van der Waals surface area contributed by atoms with Crippen molar-refractivity contribution in [2.45, 2.75) is 40.0 Å². The fraction of sp³-hybridized carbons (Fsp3) is 0.429. The Balaban J connectivity index is 1.94. The molecule has 0 saturated carbocycles. The Bertz CT molecular complexity index is 880. The van der Waals surface area contributed by atoms with E-state index in [2.05, 4.69) is 26.1 Å². The Labute approximate surface area is 163 Å². The molecule has 1 aromatic carbocycles. The molecule has 0 fully saturated rings. The molecule has 1 aromatic heterocycles. The van der Waals surface area contributed by atoms with E-state index in [9.17, 15) is 9.59 Å². The highest BCUT2D eigenvalue weighted by Crippen LogP contribution is 2.44. The molecule has 2 amide bonds. The van der Waals surface area contributed by atoms with Crippen LogP contribution >= 0.6 is 11.3 Å². The van der Waals surface area contributed by atoms with E-state index in [4.69, 9.17) is 10.5 Å². The molecule has 1 atom stereocenters. The second-order valence-corrected chi connectivity index (χ2v) is 9.14. The van der Waals surface area contributed by atoms with Crippen LogP contribution in [0, 0.1) is 11.3 Å². The fourth-order valence-corrected chi connectivity index (χ4v) is 5.00. The van der Waals surface area contributed by atoms with E-state index in [1.807, 2.05) is 0 Å². The van der Waals surface area contributed by atoms with Crippen molar-refractivity contribution in [1.29, 1.82) is 0 Å². The van der Waals surface area contributed by atoms with Crippen LogP contribution in [0.25, 0.3) is 0 Å². The van der Waals surface area contributed by atoms with Gasteiger partial charge in [-0.15, -0.1) is 11.3 Å². The number of carbonyl (C=O) groups excluding carboxylic acids is 2. The van der Waals surface area contributed by atoms with E-state index >= 15 is 0 Å². The smallest absolute Gasteiger partial charge is 0.260 e. The summed E-state index contributed by atoms with van der Waals surface area (Å²) in [6, 6.07) is 7.01. The number of ether oxygens (including phenoxy) is 1. The van der Waals surface area contributed by atoms with Gasteiger partial charge in [0.05, 0.1) is 18.2 Å². The van der Waals surface area contributed by atoms with Crippen molar-refractivity contribution in [2.24, 2.45) is 17.1 Å². The average Bonchev–Trinajstić information content (AvgIpc) is 2.97. The minimum atomic E-state index is -0.489. The van der Waals surface area contributed by atoms with Crippen molar-refractivity contribution in [3.05, 3.63) is 45.8 Å². The van der Waals surface area contributed by atoms with Crippen molar-refractivity contribution in [2.75, 3.05) is 12.4 Å². The highest BCUT2D eigenvalue weighted by molar-refractivity contribution is 7.17. The zero-order valence-electron chi connectivity index (χ0n) is 16.2. The van der Waals surface area contributed by atoms with Crippen molar-refractivity contribution in [3.8, 4) is 5.75 Å². The normalized spacial score (nSPS) is 16.5. The molecule has 0 spiro atoms. The molecule has 3 N–H and O–H groups in total. The van der Waals surface area contributed by atoms with E-state index in [0.29, 0.717) is 27.8 Å². The number of benzene rings is 1. The number of para-hydroxylation sites is 1. The fourth-order valence-electron chi connectivity index (χ4n) is 3.68. The summed E-state index contributed by atoms with van der Waals surface area (Å²) in [5.41, 5.74) is 7.76. The zero-order chi connectivity index (χ0) is 19.8. The Morgan fingerprint density at radius 3 is 2.59 bits per heavy atom. The molecule has 3 rings (SSSR count). The number of hydrogen-bond donors (Lipinski definition) is 2. The quantitative estimate of drug-likeness (QED) is 0.824. The van der Waals surface area contributed by atoms with Crippen molar-refractivity contribution >= 4 is 28.2 Å². The first-order valence-electron chi connectivity index (χ1n) is 9.11. The van der Waals surface area contributed by atoms with Gasteiger partial charge >= 0.3 is 0 Å². The van der Waals surface area contributed by atoms with Crippen LogP contribution in [0.3, 0.4) is 0 Å². The summed E-state index contributed by atoms with van der Waals surface area (Å²) < 4.78 is 5.27. The van der Waals surface area contributed by atoms with Crippen molar-refractivity contribution in [3.63, 3.8) is 0 Å². The van der Waals surface area contributed by atoms with Gasteiger partial charge in [0.2, 0.25) is 0 Å². The number of fused-ring (bicyclic) bond motifs is 1. The molecular weight excluding hydrogens is 360 g/mol. The van der Waals surface area contributed by atoms with Crippen LogP contribution in [0.15, 0.2) is 24.3 Å². The Morgan fingerprint density at radius 1 is 1.26 bits per heavy atom. The summed E-state index contributed by atoms with van der Waals surface area (Å²) >= 11 is 1.47. The second kappa shape index (κ2) is 7.35. The second-order valence-electron chi connectivity index (χ2n) is 8.03. The summed E-state index contributed by atoms with van der Waals surface area (Å²) in [6.07, 6.45) is 2.75. The van der Waals surface area contributed by atoms with Crippen LogP contribution in [-0.4, -0.2) is 18.9 Å². The molecule has 0 bridgehead atoms. The van der Waals surface area contributed by atoms with Crippen LogP contribution in [0.5, 0.6) is 5.75 Å². The zero-order valence-corrected chi connectivity index (χ0v) is 17.0. The van der Waals surface area contributed by atoms with Gasteiger partial charge in [-0.3, -0.25) is 9.59 Å². The maximum atomic E-state index is 12.8. The molecule has 27 heavy (non-hydrogen) atoms. The molecule has 1 aliphatic rings. The van der Waals surface area contributed by atoms with Gasteiger partial charge < -0.3 is 15.8 Å². The number of rotatable bonds is 4. The van der Waals surface area contributed by atoms with Crippen LogP contribution < -0.4 is 15.8 Å². The first-order valence-corrected chi connectivity index (χ1v) is 9.92. The van der Waals surface area contributed by atoms with Crippen molar-refractivity contribution in [1.82, 2.24) is 0 Å². The van der Waals surface area contributed by atoms with Gasteiger partial charge in [-0.05, 0) is 48.3 Å². The molecule has 6 heteroatoms. The number of hydrogen-bond acceptors (Lipinski definition) is 4. The maximum absolute atomic E-state index is 12.8. The van der Waals surface area contributed by atoms with E-state index in [1.165, 1.54) is 18.4 Å². The molecule has 5 nitrogen and oxygen atoms in total. The van der Waals surface area contributed by atoms with Gasteiger partial charge in [0, 0.05) is 4.88 Å². The summed E-state index contributed by atoms with van der Waals surface area (Å²) in [5, 5.41) is 3.43. The van der Waals surface area contributed by atoms with Crippen LogP contribution in [0.4, 0.5) is 5.00 Å². The van der Waals surface area contributed by atoms with Crippen LogP contribution in [0.2, 0.25) is 0 Å². The molecule has 2 aromatic rings. The number of nitrogens with one attached hydrogen (secondary N) is 1. The number of methoxy groups -OCH3 is 1. The lowest BCUT2D eigenvalue weighted by Crippen LogP contribution is -2.27. The van der Waals surface area contributed by atoms with Gasteiger partial charge in [-0.2, -0.15) is 0 Å². The molecule has 0 aliphatic heterocycles. The predicted molar refractivity (Wildman–Crippen MR) is 109 cm³/mol. The van der Waals surface area contributed by atoms with Gasteiger partial charge in [0.25, 0.3) is 11.8 Å². The SMILES string of the molecule is COc1ccccc1C(=O)Nc1sc2c(c1C(N)=O)CC[C@@H](C(C)(C)C)C2. The number of primary amides is 1. The molecule has 1 heterocycles. The average molecular weight is 387 g/mol. The van der Waals surface area contributed by atoms with Crippen molar-refractivity contribution < 1.29 is 14.3 Å². The highest BCUT2D eigenvalue weighted by Gasteiger charge is 2.33. The monoisotopic (exact) mass is 386 g/mol. The Kier molecular flexibility index (Phi) is 5.29. The Hall–Kier alpha value is -2.34. The number of thiophene rings is 1. The summed E-state index contributed by atoms with van der Waals surface area (Å²) in [4.78, 5) is 26.1. The maximum Gasteiger partial charge on any atom is 0.260 e. The minimum Gasteiger partial charge on any atom is -0.496 e. The molecule has 144 valence electrons. The summed E-state index contributed by atoms with van der Waals surface area (Å²) in [5.74, 6) is 0.241. The van der Waals surface area contributed by atoms with Crippen LogP contribution in [-0.2, 0) is 12.8 Å². The first-order chi connectivity index (χ1) is 12.7. The van der Waals surface area contributed by atoms with Gasteiger partial charge in [-0.25, -0.2) is 0 Å². The Morgan fingerprint density at radius 2 is 1.96 bits per heavy atom. The molecular formula is C21H26N2O3S. The highest BCUT2D eigenvalue weighted by atomic mass is 32.1. The third kappa shape index (κ3) is 3.86. The van der Waals surface area contributed by atoms with E-state index in [1.54, 1.807) is 24.3 Å². The molecule has 0 unspecified atom stereocenters. The third-order valence-electron chi connectivity index (χ3n) is 5.32. The number of amides is 2. The number of anilines is 1. The standard InChI is InChI=1S/C21H26N2O3S/c1-21(2,3)12-9-10-14-16(11-12)27-20(17(14)18(22)24)23-19(25)13-7-5-6-8-15(13)26-4/h5-8,12H,9-11H2,1-4H3,(H2,22,24)(H,23,25)/t12-/m1/s1. The molecule has 1 aliphatic carbocycles. The van der Waals surface area contributed by atoms with Gasteiger partial charge in [-0.1, -0.05) is 32.9 Å². The van der Waals surface area contributed by atoms with Crippen LogP contribution in [0.1, 0.15) is 58.3 Å². The van der Waals surface area contributed by atoms with E-state index in [0.717, 1.165) is 29.7 Å². The number of nitrogens with two attached hydrogens (primary N) is 1. The largest absolute Gasteiger partial charge is 0.496 e. The van der Waals surface area contributed by atoms with Gasteiger partial charge in [0.15, 0.2) is 0 Å². The lowest BCUT2D eigenvalue weighted by molar-refractivity contribution is 0.1000. The molecule has 0 radical (unpaired) electrons. The van der Waals surface area contributed by atoms with E-state index in [-0.39, 0.29) is 11.3 Å². The number of carbonyl (C=O) groups is 2. The predicted octanol–water partition coefficient (Wildman–Crippen LogP) is 4.26. The lowest BCUT2D eigenvalue weighted by Gasteiger charge is -2.33. The summed E-state index contributed by atoms with van der Waals surface area (Å²) in [6.45, 7) is 6.74. The minimum absolute atomic E-state index is 0.204. The lowest BCUT2D eigenvalue weighted by atomic mass is 9.72. The first kappa shape index (κ1) is 19.4. The van der Waals surface area contributed by atoms with Gasteiger partial charge in [0.1, 0.15) is 10.8 Å².